The second-order valence-electron chi connectivity index (χ2n) is 9.10. The van der Waals surface area contributed by atoms with E-state index in [4.69, 9.17) is 0 Å². The Hall–Kier alpha value is -3.59. The lowest BCUT2D eigenvalue weighted by Crippen LogP contribution is -2.63. The van der Waals surface area contributed by atoms with Gasteiger partial charge in [-0.3, -0.25) is 14.4 Å². The molecule has 2 bridgehead atoms. The van der Waals surface area contributed by atoms with Gasteiger partial charge in [0.05, 0.1) is 5.41 Å². The minimum Gasteiger partial charge on any atom is -0.294 e. The molecule has 0 amide bonds. The molecular weight excluding hydrogens is 396 g/mol. The first kappa shape index (κ1) is 19.1. The van der Waals surface area contributed by atoms with Gasteiger partial charge in [0.2, 0.25) is 0 Å². The van der Waals surface area contributed by atoms with E-state index in [9.17, 15) is 14.4 Å². The fraction of sp³-hybridized carbons (Fsp3) is 0.207. The van der Waals surface area contributed by atoms with Crippen molar-refractivity contribution in [2.75, 3.05) is 0 Å². The van der Waals surface area contributed by atoms with E-state index >= 15 is 0 Å². The lowest BCUT2D eigenvalue weighted by atomic mass is 9.40. The highest BCUT2D eigenvalue weighted by molar-refractivity contribution is 6.15. The molecule has 3 aromatic carbocycles. The number of rotatable bonds is 3. The van der Waals surface area contributed by atoms with Crippen molar-refractivity contribution in [3.8, 4) is 0 Å². The summed E-state index contributed by atoms with van der Waals surface area (Å²) in [6, 6.07) is 27.2. The highest BCUT2D eigenvalue weighted by Crippen LogP contribution is 2.66. The van der Waals surface area contributed by atoms with E-state index in [2.05, 4.69) is 0 Å². The van der Waals surface area contributed by atoms with Crippen LogP contribution >= 0.6 is 0 Å². The van der Waals surface area contributed by atoms with Crippen molar-refractivity contribution >= 4 is 17.3 Å². The van der Waals surface area contributed by atoms with Gasteiger partial charge in [0.1, 0.15) is 0 Å². The Labute approximate surface area is 186 Å². The van der Waals surface area contributed by atoms with Crippen LogP contribution in [0.2, 0.25) is 0 Å². The van der Waals surface area contributed by atoms with Gasteiger partial charge in [-0.05, 0) is 41.2 Å². The molecule has 0 saturated heterocycles. The smallest absolute Gasteiger partial charge is 0.174 e. The van der Waals surface area contributed by atoms with E-state index in [-0.39, 0.29) is 29.2 Å². The third-order valence-corrected chi connectivity index (χ3v) is 7.79. The van der Waals surface area contributed by atoms with Crippen molar-refractivity contribution in [1.29, 1.82) is 0 Å². The van der Waals surface area contributed by atoms with Crippen LogP contribution in [0.1, 0.15) is 45.3 Å². The van der Waals surface area contributed by atoms with Crippen LogP contribution < -0.4 is 0 Å². The number of hydrogen-bond acceptors (Lipinski definition) is 3. The second kappa shape index (κ2) is 6.96. The zero-order valence-corrected chi connectivity index (χ0v) is 17.5. The van der Waals surface area contributed by atoms with Crippen LogP contribution in [0.5, 0.6) is 0 Å². The van der Waals surface area contributed by atoms with Crippen molar-refractivity contribution < 1.29 is 14.4 Å². The molecular formula is C29H22O3. The number of carbonyl (C=O) groups excluding carboxylic acids is 3. The first-order valence-corrected chi connectivity index (χ1v) is 11.1. The van der Waals surface area contributed by atoms with E-state index in [0.29, 0.717) is 12.0 Å². The molecule has 3 aromatic rings. The molecule has 4 aliphatic rings. The quantitative estimate of drug-likeness (QED) is 0.561. The molecule has 32 heavy (non-hydrogen) atoms. The molecule has 3 heteroatoms. The molecule has 0 N–H and O–H groups in total. The molecule has 156 valence electrons. The fourth-order valence-electron chi connectivity index (χ4n) is 6.67. The van der Waals surface area contributed by atoms with Crippen LogP contribution in [0.4, 0.5) is 0 Å². The lowest BCUT2D eigenvalue weighted by molar-refractivity contribution is -0.136. The van der Waals surface area contributed by atoms with Gasteiger partial charge in [0.25, 0.3) is 0 Å². The van der Waals surface area contributed by atoms with E-state index in [1.807, 2.05) is 84.9 Å². The van der Waals surface area contributed by atoms with Gasteiger partial charge >= 0.3 is 0 Å². The van der Waals surface area contributed by atoms with Crippen LogP contribution in [0, 0.1) is 11.8 Å². The summed E-state index contributed by atoms with van der Waals surface area (Å²) in [6.45, 7) is 0. The molecule has 0 unspecified atom stereocenters. The fourth-order valence-corrected chi connectivity index (χ4v) is 6.67. The summed E-state index contributed by atoms with van der Waals surface area (Å²) in [4.78, 5) is 41.2. The molecule has 1 saturated carbocycles. The molecule has 7 rings (SSSR count). The molecule has 5 atom stereocenters. The van der Waals surface area contributed by atoms with Crippen LogP contribution in [0.3, 0.4) is 0 Å². The van der Waals surface area contributed by atoms with E-state index in [0.717, 1.165) is 16.7 Å². The highest BCUT2D eigenvalue weighted by atomic mass is 16.1. The SMILES string of the molecule is O=C1C=CC(=O)[C@H]2[C@@H]1[C@@H]1C[C@@H](c3ccccc3)[C@@]2(C(=O)c2ccccc2)c2ccccc21. The third-order valence-electron chi connectivity index (χ3n) is 7.79. The normalized spacial score (nSPS) is 30.0. The van der Waals surface area contributed by atoms with Crippen LogP contribution in [-0.2, 0) is 15.0 Å². The zero-order valence-electron chi connectivity index (χ0n) is 17.5. The summed E-state index contributed by atoms with van der Waals surface area (Å²) in [7, 11) is 0. The Morgan fingerprint density at radius 1 is 0.750 bits per heavy atom. The Kier molecular flexibility index (Phi) is 4.16. The van der Waals surface area contributed by atoms with Gasteiger partial charge < -0.3 is 0 Å². The van der Waals surface area contributed by atoms with Gasteiger partial charge in [0.15, 0.2) is 17.3 Å². The van der Waals surface area contributed by atoms with Gasteiger partial charge in [-0.1, -0.05) is 84.9 Å². The summed E-state index contributed by atoms with van der Waals surface area (Å²) in [5, 5.41) is 0. The maximum atomic E-state index is 14.5. The largest absolute Gasteiger partial charge is 0.294 e. The number of ketones is 3. The predicted octanol–water partition coefficient (Wildman–Crippen LogP) is 5.03. The third kappa shape index (κ3) is 2.39. The van der Waals surface area contributed by atoms with Gasteiger partial charge in [-0.25, -0.2) is 0 Å². The summed E-state index contributed by atoms with van der Waals surface area (Å²) in [5.74, 6) is -1.65. The standard InChI is InChI=1S/C29H22O3/c30-24-15-16-25(31)27-26(24)21-17-23(18-9-3-1-4-10-18)29(27,22-14-8-7-13-20(21)22)28(32)19-11-5-2-6-12-19/h1-16,21,23,26-27H,17H2/t21-,23+,26-,27+,29+/m1/s1. The second-order valence-corrected chi connectivity index (χ2v) is 9.10. The number of fused-ring (bicyclic) bond motifs is 1. The van der Waals surface area contributed by atoms with Crippen LogP contribution in [0.25, 0.3) is 0 Å². The Balaban J connectivity index is 1.71. The maximum absolute atomic E-state index is 14.5. The summed E-state index contributed by atoms with van der Waals surface area (Å²) in [6.07, 6.45) is 3.49. The Morgan fingerprint density at radius 2 is 1.38 bits per heavy atom. The van der Waals surface area contributed by atoms with Gasteiger partial charge in [-0.2, -0.15) is 0 Å². The average molecular weight is 418 g/mol. The van der Waals surface area contributed by atoms with Gasteiger partial charge in [-0.15, -0.1) is 0 Å². The highest BCUT2D eigenvalue weighted by Gasteiger charge is 2.68. The molecule has 0 radical (unpaired) electrons. The van der Waals surface area contributed by atoms with Crippen molar-refractivity contribution in [3.05, 3.63) is 119 Å². The topological polar surface area (TPSA) is 51.2 Å². The number of Topliss-reactive ketones (excluding diaryl/α,β-unsaturated/α-hetero) is 1. The average Bonchev–Trinajstić information content (AvgIpc) is 2.86. The molecule has 4 aliphatic carbocycles. The predicted molar refractivity (Wildman–Crippen MR) is 122 cm³/mol. The number of allylic oxidation sites excluding steroid dienone is 2. The molecule has 0 aliphatic heterocycles. The maximum Gasteiger partial charge on any atom is 0.174 e. The number of hydrogen-bond donors (Lipinski definition) is 0. The first-order valence-electron chi connectivity index (χ1n) is 11.1. The van der Waals surface area contributed by atoms with Crippen LogP contribution in [-0.4, -0.2) is 17.3 Å². The number of benzene rings is 3. The van der Waals surface area contributed by atoms with E-state index in [1.54, 1.807) is 0 Å². The van der Waals surface area contributed by atoms with Crippen molar-refractivity contribution in [1.82, 2.24) is 0 Å². The summed E-state index contributed by atoms with van der Waals surface area (Å²) in [5.41, 5.74) is 2.47. The summed E-state index contributed by atoms with van der Waals surface area (Å²) < 4.78 is 0. The molecule has 0 aromatic heterocycles. The van der Waals surface area contributed by atoms with Crippen molar-refractivity contribution in [2.24, 2.45) is 11.8 Å². The molecule has 1 fully saturated rings. The Morgan fingerprint density at radius 3 is 2.12 bits per heavy atom. The van der Waals surface area contributed by atoms with Gasteiger partial charge in [0, 0.05) is 23.3 Å². The summed E-state index contributed by atoms with van der Waals surface area (Å²) >= 11 is 0. The molecule has 0 heterocycles. The monoisotopic (exact) mass is 418 g/mol. The minimum atomic E-state index is -1.11. The lowest BCUT2D eigenvalue weighted by Gasteiger charge is -2.59. The zero-order chi connectivity index (χ0) is 21.9. The first-order chi connectivity index (χ1) is 15.6. The van der Waals surface area contributed by atoms with E-state index < -0.39 is 17.3 Å². The van der Waals surface area contributed by atoms with E-state index in [1.165, 1.54) is 12.2 Å². The van der Waals surface area contributed by atoms with Crippen molar-refractivity contribution in [3.63, 3.8) is 0 Å². The number of carbonyl (C=O) groups is 3. The molecule has 0 spiro atoms. The molecule has 3 nitrogen and oxygen atoms in total. The van der Waals surface area contributed by atoms with Crippen molar-refractivity contribution in [2.45, 2.75) is 23.7 Å². The minimum absolute atomic E-state index is 0.0362. The van der Waals surface area contributed by atoms with Crippen LogP contribution in [0.15, 0.2) is 97.1 Å². The Bertz CT molecular complexity index is 1270.